The van der Waals surface area contributed by atoms with Gasteiger partial charge in [-0.25, -0.2) is 4.39 Å². The molecule has 1 aromatic carbocycles. The molecule has 0 radical (unpaired) electrons. The summed E-state index contributed by atoms with van der Waals surface area (Å²) >= 11 is 0. The Hall–Kier alpha value is -0.890. The van der Waals surface area contributed by atoms with Crippen LogP contribution in [0.1, 0.15) is 50.2 Å². The molecule has 0 aromatic heterocycles. The highest BCUT2D eigenvalue weighted by atomic mass is 19.1. The van der Waals surface area contributed by atoms with E-state index in [1.807, 2.05) is 13.1 Å². The van der Waals surface area contributed by atoms with Crippen LogP contribution in [0.25, 0.3) is 0 Å². The molecule has 1 saturated carbocycles. The number of hydrogen-bond acceptors (Lipinski definition) is 1. The molecule has 1 aromatic rings. The van der Waals surface area contributed by atoms with Crippen molar-refractivity contribution in [1.29, 1.82) is 0 Å². The second kappa shape index (κ2) is 6.71. The van der Waals surface area contributed by atoms with Gasteiger partial charge in [0.1, 0.15) is 5.82 Å². The zero-order valence-electron chi connectivity index (χ0n) is 13.2. The summed E-state index contributed by atoms with van der Waals surface area (Å²) < 4.78 is 14.3. The monoisotopic (exact) mass is 277 g/mol. The van der Waals surface area contributed by atoms with Crippen LogP contribution in [-0.4, -0.2) is 13.6 Å². The fourth-order valence-corrected chi connectivity index (χ4v) is 3.71. The van der Waals surface area contributed by atoms with Gasteiger partial charge in [0.05, 0.1) is 0 Å². The first-order chi connectivity index (χ1) is 9.52. The lowest BCUT2D eigenvalue weighted by Gasteiger charge is -2.38. The van der Waals surface area contributed by atoms with Crippen LogP contribution in [0, 0.1) is 30.5 Å². The van der Waals surface area contributed by atoms with Crippen molar-refractivity contribution in [2.75, 3.05) is 13.6 Å². The van der Waals surface area contributed by atoms with Crippen molar-refractivity contribution in [3.63, 3.8) is 0 Å². The fourth-order valence-electron chi connectivity index (χ4n) is 3.71. The largest absolute Gasteiger partial charge is 0.319 e. The normalized spacial score (nSPS) is 27.0. The van der Waals surface area contributed by atoms with Crippen LogP contribution in [0.4, 0.5) is 4.39 Å². The lowest BCUT2D eigenvalue weighted by atomic mass is 9.68. The van der Waals surface area contributed by atoms with E-state index in [-0.39, 0.29) is 5.82 Å². The summed E-state index contributed by atoms with van der Waals surface area (Å²) in [5.41, 5.74) is 2.10. The molecule has 1 aliphatic rings. The molecule has 0 spiro atoms. The highest BCUT2D eigenvalue weighted by Gasteiger charge is 2.33. The highest BCUT2D eigenvalue weighted by Crippen LogP contribution is 2.43. The first-order valence-electron chi connectivity index (χ1n) is 7.93. The van der Waals surface area contributed by atoms with Gasteiger partial charge in [0.25, 0.3) is 0 Å². The Morgan fingerprint density at radius 3 is 2.70 bits per heavy atom. The first kappa shape index (κ1) is 15.5. The molecule has 3 atom stereocenters. The lowest BCUT2D eigenvalue weighted by molar-refractivity contribution is 0.190. The Morgan fingerprint density at radius 2 is 2.05 bits per heavy atom. The zero-order valence-corrected chi connectivity index (χ0v) is 13.2. The number of nitrogens with one attached hydrogen (secondary N) is 1. The molecule has 0 bridgehead atoms. The van der Waals surface area contributed by atoms with E-state index in [0.717, 1.165) is 30.0 Å². The smallest absolute Gasteiger partial charge is 0.126 e. The minimum atomic E-state index is -0.0221. The molecule has 2 rings (SSSR count). The summed E-state index contributed by atoms with van der Waals surface area (Å²) in [5.74, 6) is 2.33. The van der Waals surface area contributed by atoms with Gasteiger partial charge in [-0.2, -0.15) is 0 Å². The minimum Gasteiger partial charge on any atom is -0.319 e. The van der Waals surface area contributed by atoms with E-state index in [9.17, 15) is 4.39 Å². The van der Waals surface area contributed by atoms with Crippen molar-refractivity contribution in [3.05, 3.63) is 35.1 Å². The third kappa shape index (κ3) is 3.41. The number of aryl methyl sites for hydroxylation is 1. The minimum absolute atomic E-state index is 0.0221. The number of halogens is 1. The predicted molar refractivity (Wildman–Crippen MR) is 83.5 cm³/mol. The quantitative estimate of drug-likeness (QED) is 0.854. The number of rotatable bonds is 4. The van der Waals surface area contributed by atoms with Gasteiger partial charge in [-0.1, -0.05) is 31.5 Å². The van der Waals surface area contributed by atoms with Crippen LogP contribution >= 0.6 is 0 Å². The van der Waals surface area contributed by atoms with Crippen LogP contribution in [-0.2, 0) is 0 Å². The Bertz CT molecular complexity index is 441. The summed E-state index contributed by atoms with van der Waals surface area (Å²) in [6.07, 6.45) is 3.63. The molecule has 1 fully saturated rings. The van der Waals surface area contributed by atoms with Crippen molar-refractivity contribution in [2.24, 2.45) is 17.8 Å². The predicted octanol–water partition coefficient (Wildman–Crippen LogP) is 4.51. The third-order valence-corrected chi connectivity index (χ3v) is 4.99. The third-order valence-electron chi connectivity index (χ3n) is 4.99. The van der Waals surface area contributed by atoms with Gasteiger partial charge in [-0.05, 0) is 75.1 Å². The maximum absolute atomic E-state index is 14.3. The van der Waals surface area contributed by atoms with E-state index in [2.05, 4.69) is 32.2 Å². The Labute approximate surface area is 123 Å². The van der Waals surface area contributed by atoms with E-state index < -0.39 is 0 Å². The molecule has 1 aliphatic carbocycles. The van der Waals surface area contributed by atoms with Crippen molar-refractivity contribution in [2.45, 2.75) is 46.0 Å². The molecule has 0 saturated heterocycles. The second-order valence-electron chi connectivity index (χ2n) is 6.77. The summed E-state index contributed by atoms with van der Waals surface area (Å²) in [5, 5.41) is 3.29. The molecule has 0 amide bonds. The Balaban J connectivity index is 2.28. The zero-order chi connectivity index (χ0) is 14.7. The van der Waals surface area contributed by atoms with E-state index in [0.29, 0.717) is 17.8 Å². The topological polar surface area (TPSA) is 12.0 Å². The molecule has 0 aliphatic heterocycles. The average Bonchev–Trinajstić information content (AvgIpc) is 2.42. The summed E-state index contributed by atoms with van der Waals surface area (Å²) in [6.45, 7) is 7.64. The van der Waals surface area contributed by atoms with E-state index in [1.165, 1.54) is 12.8 Å². The van der Waals surface area contributed by atoms with Gasteiger partial charge in [0.15, 0.2) is 0 Å². The Morgan fingerprint density at radius 1 is 1.30 bits per heavy atom. The van der Waals surface area contributed by atoms with Crippen LogP contribution in [0.5, 0.6) is 0 Å². The highest BCUT2D eigenvalue weighted by molar-refractivity contribution is 5.28. The second-order valence-corrected chi connectivity index (χ2v) is 6.77. The standard InChI is InChI=1S/C18H28FN/c1-12(2)14-6-7-15(11-20-4)16(10-14)17-9-13(3)5-8-18(17)19/h5,8-9,12,14-16,20H,6-7,10-11H2,1-4H3. The maximum atomic E-state index is 14.3. The molecular weight excluding hydrogens is 249 g/mol. The molecule has 0 heterocycles. The Kier molecular flexibility index (Phi) is 5.20. The fraction of sp³-hybridized carbons (Fsp3) is 0.667. The lowest BCUT2D eigenvalue weighted by Crippen LogP contribution is -2.32. The van der Waals surface area contributed by atoms with E-state index >= 15 is 0 Å². The van der Waals surface area contributed by atoms with Gasteiger partial charge >= 0.3 is 0 Å². The molecule has 20 heavy (non-hydrogen) atoms. The summed E-state index contributed by atoms with van der Waals surface area (Å²) in [7, 11) is 2.00. The summed E-state index contributed by atoms with van der Waals surface area (Å²) in [6, 6.07) is 5.57. The molecule has 3 unspecified atom stereocenters. The number of benzene rings is 1. The van der Waals surface area contributed by atoms with Crippen molar-refractivity contribution < 1.29 is 4.39 Å². The summed E-state index contributed by atoms with van der Waals surface area (Å²) in [4.78, 5) is 0. The van der Waals surface area contributed by atoms with Crippen molar-refractivity contribution in [3.8, 4) is 0 Å². The molecule has 1 nitrogen and oxygen atoms in total. The van der Waals surface area contributed by atoms with E-state index in [1.54, 1.807) is 6.07 Å². The molecule has 2 heteroatoms. The van der Waals surface area contributed by atoms with Crippen LogP contribution < -0.4 is 5.32 Å². The molecule has 1 N–H and O–H groups in total. The first-order valence-corrected chi connectivity index (χ1v) is 7.93. The van der Waals surface area contributed by atoms with Gasteiger partial charge in [0, 0.05) is 0 Å². The van der Waals surface area contributed by atoms with E-state index in [4.69, 9.17) is 0 Å². The van der Waals surface area contributed by atoms with Gasteiger partial charge in [-0.3, -0.25) is 0 Å². The van der Waals surface area contributed by atoms with Crippen molar-refractivity contribution in [1.82, 2.24) is 5.32 Å². The van der Waals surface area contributed by atoms with Gasteiger partial charge < -0.3 is 5.32 Å². The van der Waals surface area contributed by atoms with Gasteiger partial charge in [0.2, 0.25) is 0 Å². The van der Waals surface area contributed by atoms with Crippen LogP contribution in [0.15, 0.2) is 18.2 Å². The van der Waals surface area contributed by atoms with Crippen molar-refractivity contribution >= 4 is 0 Å². The van der Waals surface area contributed by atoms with Gasteiger partial charge in [-0.15, -0.1) is 0 Å². The average molecular weight is 277 g/mol. The SMILES string of the molecule is CNCC1CCC(C(C)C)CC1c1cc(C)ccc1F. The van der Waals surface area contributed by atoms with Crippen LogP contribution in [0.3, 0.4) is 0 Å². The molecule has 112 valence electrons. The number of hydrogen-bond donors (Lipinski definition) is 1. The molecular formula is C18H28FN. The van der Waals surface area contributed by atoms with Crippen LogP contribution in [0.2, 0.25) is 0 Å². The maximum Gasteiger partial charge on any atom is 0.126 e.